The summed E-state index contributed by atoms with van der Waals surface area (Å²) >= 11 is 37.0. The Morgan fingerprint density at radius 2 is 0.552 bits per heavy atom. The Hall–Kier alpha value is -8.22. The molecule has 4 atom stereocenters. The monoisotopic (exact) mass is 1800 g/mol. The Balaban J connectivity index is 0.000000118. The molecule has 4 heterocycles. The first kappa shape index (κ1) is 88.8. The standard InChI is InChI=1S/2C26H27Cl2N3O.C26H34ClN3O.C25H32ClN3O/c27-20-10-8-17(9-11-20)16-31-25-19(14-18-4-3-6-21(28)15-18)5-1-2-7-23(25)24(30-31)26(32)29-22-12-13-22;27-20-9-5-17(6-10-20)15-19-3-1-2-4-23-24(26(32)29-22-13-14-22)30-31(25(19)23)16-18-7-11-21(28)12-8-18;27-20-10-6-8-18(17-20)16-19-9-4-5-15-23-24(26(31)28-21-11-7-12-21)29-30(25(19)23)22-13-2-1-3-14-22;26-19-12-10-17(11-13-19)16-18-6-4-5-9-22-23(25(30)27-20-14-15-20)28-29(24(18)22)21-7-2-1-3-8-21/h3-4,6,8-11,15,19,22H,1-2,5,7,12-14,16H2,(H,29,32);5-12,19,22H,1-4,13-16H2,(H,29,32);6,8,10,17,19,21-22H,1-5,7,9,11-16H2,(H,28,31);10-13,18,20-21H,1-9,14-16H2,(H,27,30). The number of aromatic nitrogens is 8. The van der Waals surface area contributed by atoms with Gasteiger partial charge in [-0.3, -0.25) is 37.9 Å². The molecule has 4 N–H and O–H groups in total. The fourth-order valence-electron chi connectivity index (χ4n) is 20.5. The predicted molar refractivity (Wildman–Crippen MR) is 503 cm³/mol. The van der Waals surface area contributed by atoms with E-state index in [1.54, 1.807) is 0 Å². The van der Waals surface area contributed by atoms with Crippen LogP contribution in [0.2, 0.25) is 30.1 Å². The topological polar surface area (TPSA) is 188 Å². The van der Waals surface area contributed by atoms with Crippen molar-refractivity contribution in [3.63, 3.8) is 0 Å². The van der Waals surface area contributed by atoms with Gasteiger partial charge in [-0.2, -0.15) is 20.4 Å². The second kappa shape index (κ2) is 41.9. The van der Waals surface area contributed by atoms with E-state index in [-0.39, 0.29) is 23.6 Å². The second-order valence-corrected chi connectivity index (χ2v) is 40.0. The van der Waals surface area contributed by atoms with Crippen molar-refractivity contribution in [1.82, 2.24) is 60.4 Å². The fraction of sp³-hybridized carbons (Fsp3) is 0.495. The minimum absolute atomic E-state index is 0.0225. The van der Waals surface area contributed by atoms with Crippen molar-refractivity contribution in [2.75, 3.05) is 0 Å². The van der Waals surface area contributed by atoms with Crippen molar-refractivity contribution >= 4 is 93.2 Å². The maximum Gasteiger partial charge on any atom is 0.272 e. The van der Waals surface area contributed by atoms with E-state index in [1.165, 1.54) is 140 Å². The van der Waals surface area contributed by atoms with Gasteiger partial charge in [-0.25, -0.2) is 0 Å². The number of hydrogen-bond acceptors (Lipinski definition) is 8. The zero-order chi connectivity index (χ0) is 85.9. The summed E-state index contributed by atoms with van der Waals surface area (Å²) in [5, 5.41) is 37.1. The summed E-state index contributed by atoms with van der Waals surface area (Å²) in [7, 11) is 0. The molecule has 0 aliphatic heterocycles. The molecule has 0 bridgehead atoms. The van der Waals surface area contributed by atoms with Crippen LogP contribution in [0.3, 0.4) is 0 Å². The van der Waals surface area contributed by atoms with Crippen LogP contribution in [0.15, 0.2) is 146 Å². The quantitative estimate of drug-likeness (QED) is 0.0483. The molecule has 10 aliphatic rings. The van der Waals surface area contributed by atoms with Crippen molar-refractivity contribution in [3.05, 3.63) is 277 Å². The van der Waals surface area contributed by atoms with Crippen molar-refractivity contribution < 1.29 is 19.2 Å². The Labute approximate surface area is 767 Å². The molecule has 4 aromatic heterocycles. The van der Waals surface area contributed by atoms with Crippen LogP contribution in [0.5, 0.6) is 0 Å². The zero-order valence-electron chi connectivity index (χ0n) is 72.1. The van der Waals surface area contributed by atoms with Crippen molar-refractivity contribution in [3.8, 4) is 0 Å². The third kappa shape index (κ3) is 23.1. The summed E-state index contributed by atoms with van der Waals surface area (Å²) in [6, 6.07) is 50.7. The first-order valence-electron chi connectivity index (χ1n) is 47.1. The predicted octanol–water partition coefficient (Wildman–Crippen LogP) is 24.7. The van der Waals surface area contributed by atoms with Gasteiger partial charge < -0.3 is 21.3 Å². The number of hydrogen-bond donors (Lipinski definition) is 4. The molecule has 125 heavy (non-hydrogen) atoms. The molecule has 4 amide bonds. The summed E-state index contributed by atoms with van der Waals surface area (Å²) in [5.74, 6) is 1.49. The van der Waals surface area contributed by atoms with Crippen LogP contribution < -0.4 is 21.3 Å². The number of rotatable bonds is 22. The molecule has 6 aromatic carbocycles. The number of benzene rings is 6. The van der Waals surface area contributed by atoms with E-state index in [0.29, 0.717) is 95.8 Å². The van der Waals surface area contributed by atoms with E-state index in [0.717, 1.165) is 219 Å². The first-order chi connectivity index (χ1) is 61.0. The number of amides is 4. The highest BCUT2D eigenvalue weighted by molar-refractivity contribution is 6.32. The van der Waals surface area contributed by atoms with Gasteiger partial charge in [-0.1, -0.05) is 207 Å². The highest BCUT2D eigenvalue weighted by Gasteiger charge is 2.40. The third-order valence-electron chi connectivity index (χ3n) is 27.7. The van der Waals surface area contributed by atoms with Gasteiger partial charge in [-0.15, -0.1) is 0 Å². The number of carbonyl (C=O) groups is 4. The largest absolute Gasteiger partial charge is 0.348 e. The molecule has 16 nitrogen and oxygen atoms in total. The lowest BCUT2D eigenvalue weighted by molar-refractivity contribution is 0.0905. The highest BCUT2D eigenvalue weighted by Crippen LogP contribution is 2.45. The van der Waals surface area contributed by atoms with Crippen LogP contribution in [0.1, 0.15) is 355 Å². The molecule has 10 aliphatic carbocycles. The summed E-state index contributed by atoms with van der Waals surface area (Å²) in [4.78, 5) is 52.5. The third-order valence-corrected chi connectivity index (χ3v) is 29.1. The van der Waals surface area contributed by atoms with E-state index in [1.807, 2.05) is 103 Å². The van der Waals surface area contributed by atoms with Crippen LogP contribution in [0, 0.1) is 0 Å². The fourth-order valence-corrected chi connectivity index (χ4v) is 21.5. The van der Waals surface area contributed by atoms with E-state index >= 15 is 0 Å². The lowest BCUT2D eigenvalue weighted by Gasteiger charge is -2.27. The van der Waals surface area contributed by atoms with Crippen LogP contribution >= 0.6 is 69.6 Å². The molecular weight excluding hydrogens is 1680 g/mol. The van der Waals surface area contributed by atoms with E-state index < -0.39 is 0 Å². The molecule has 0 radical (unpaired) electrons. The Morgan fingerprint density at radius 1 is 0.272 bits per heavy atom. The van der Waals surface area contributed by atoms with Crippen LogP contribution in [0.25, 0.3) is 0 Å². The highest BCUT2D eigenvalue weighted by atomic mass is 35.5. The first-order valence-corrected chi connectivity index (χ1v) is 49.4. The number of carbonyl (C=O) groups excluding carboxylic acids is 4. The molecule has 20 rings (SSSR count). The SMILES string of the molecule is O=C(NC1CC1)c1nn(C2CCCCC2)c2c1CCCCC2Cc1ccc(Cl)cc1.O=C(NC1CC1)c1nn(Cc2ccc(Cl)cc2)c2c1CCCCC2Cc1ccc(Cl)cc1.O=C(NC1CC1)c1nn(Cc2ccc(Cl)cc2)c2c1CCCCC2Cc1cccc(Cl)c1.O=C(NC1CCC1)c1nn(C2CCCCC2)c2c1CCCCC2Cc1cccc(Cl)c1. The number of halogens is 6. The minimum Gasteiger partial charge on any atom is -0.348 e. The Morgan fingerprint density at radius 3 is 0.856 bits per heavy atom. The number of nitrogens with one attached hydrogen (secondary N) is 4. The lowest BCUT2D eigenvalue weighted by atomic mass is 9.89. The maximum absolute atomic E-state index is 13.2. The van der Waals surface area contributed by atoms with E-state index in [4.69, 9.17) is 90.0 Å². The molecule has 10 aromatic rings. The van der Waals surface area contributed by atoms with E-state index in [2.05, 4.69) is 82.5 Å². The zero-order valence-corrected chi connectivity index (χ0v) is 76.6. The Kier molecular flexibility index (Phi) is 29.8. The van der Waals surface area contributed by atoms with Gasteiger partial charge in [0, 0.05) is 123 Å². The summed E-state index contributed by atoms with van der Waals surface area (Å²) in [6.45, 7) is 1.26. The van der Waals surface area contributed by atoms with Gasteiger partial charge in [-0.05, 0) is 292 Å². The Bertz CT molecular complexity index is 5360. The summed E-state index contributed by atoms with van der Waals surface area (Å²) < 4.78 is 8.76. The van der Waals surface area contributed by atoms with Crippen molar-refractivity contribution in [2.24, 2.45) is 0 Å². The molecule has 6 fully saturated rings. The van der Waals surface area contributed by atoms with Crippen LogP contribution in [-0.2, 0) is 64.5 Å². The van der Waals surface area contributed by atoms with Gasteiger partial charge in [0.05, 0.1) is 25.2 Å². The molecule has 0 saturated heterocycles. The van der Waals surface area contributed by atoms with Crippen LogP contribution in [-0.4, -0.2) is 86.9 Å². The molecule has 0 spiro atoms. The molecule has 6 saturated carbocycles. The average molecular weight is 1800 g/mol. The molecule has 22 heteroatoms. The molecule has 658 valence electrons. The normalized spacial score (nSPS) is 20.2. The average Bonchev–Trinajstić information content (AvgIpc) is 1.63. The van der Waals surface area contributed by atoms with E-state index in [9.17, 15) is 19.2 Å². The van der Waals surface area contributed by atoms with Gasteiger partial charge in [0.2, 0.25) is 0 Å². The lowest BCUT2D eigenvalue weighted by Crippen LogP contribution is -2.40. The van der Waals surface area contributed by atoms with Gasteiger partial charge in [0.15, 0.2) is 22.8 Å². The minimum atomic E-state index is -0.0259. The number of nitrogens with zero attached hydrogens (tertiary/aromatic N) is 8. The summed E-state index contributed by atoms with van der Waals surface area (Å²) in [6.07, 6.45) is 43.5. The maximum atomic E-state index is 13.2. The van der Waals surface area contributed by atoms with Crippen molar-refractivity contribution in [2.45, 2.75) is 323 Å². The van der Waals surface area contributed by atoms with Gasteiger partial charge in [0.1, 0.15) is 0 Å². The molecule has 4 unspecified atom stereocenters. The van der Waals surface area contributed by atoms with Gasteiger partial charge in [0.25, 0.3) is 23.6 Å². The number of fused-ring (bicyclic) bond motifs is 4. The molecular formula is C103H120Cl6N12O4. The smallest absolute Gasteiger partial charge is 0.272 e. The second-order valence-electron chi connectivity index (χ2n) is 37.3. The summed E-state index contributed by atoms with van der Waals surface area (Å²) in [5.41, 5.74) is 19.8. The van der Waals surface area contributed by atoms with Gasteiger partial charge >= 0.3 is 0 Å². The van der Waals surface area contributed by atoms with Crippen LogP contribution in [0.4, 0.5) is 0 Å². The van der Waals surface area contributed by atoms with Crippen molar-refractivity contribution in [1.29, 1.82) is 0 Å².